The van der Waals surface area contributed by atoms with Crippen LogP contribution in [0.25, 0.3) is 5.69 Å². The number of nitrogens with zero attached hydrogens (tertiary/aromatic N) is 4. The van der Waals surface area contributed by atoms with Crippen LogP contribution in [0.2, 0.25) is 5.02 Å². The van der Waals surface area contributed by atoms with Crippen LogP contribution in [0.5, 0.6) is 0 Å². The molecule has 0 radical (unpaired) electrons. The monoisotopic (exact) mass is 348 g/mol. The van der Waals surface area contributed by atoms with Gasteiger partial charge in [0.1, 0.15) is 5.76 Å². The maximum absolute atomic E-state index is 12.3. The van der Waals surface area contributed by atoms with Crippen LogP contribution >= 0.6 is 11.6 Å². The first-order valence-electron chi connectivity index (χ1n) is 7.20. The minimum atomic E-state index is -0.634. The van der Waals surface area contributed by atoms with E-state index >= 15 is 0 Å². The number of carbonyl (C=O) groups excluding carboxylic acids is 2. The number of halogens is 1. The lowest BCUT2D eigenvalue weighted by atomic mass is 10.1. The largest absolute Gasteiger partial charge is 0.427 e. The quantitative estimate of drug-likeness (QED) is 0.778. The number of hydrogen-bond donors (Lipinski definition) is 0. The van der Waals surface area contributed by atoms with Gasteiger partial charge in [0.15, 0.2) is 5.78 Å². The van der Waals surface area contributed by atoms with Crippen molar-refractivity contribution in [3.8, 4) is 5.69 Å². The van der Waals surface area contributed by atoms with Gasteiger partial charge in [-0.3, -0.25) is 4.79 Å². The van der Waals surface area contributed by atoms with Crippen LogP contribution in [0.15, 0.2) is 34.8 Å². The van der Waals surface area contributed by atoms with E-state index in [1.165, 1.54) is 31.3 Å². The van der Waals surface area contributed by atoms with E-state index in [1.807, 2.05) is 0 Å². The van der Waals surface area contributed by atoms with Crippen LogP contribution in [-0.2, 0) is 16.6 Å². The summed E-state index contributed by atoms with van der Waals surface area (Å²) in [6, 6.07) is 4.34. The van der Waals surface area contributed by atoms with Gasteiger partial charge in [-0.2, -0.15) is 9.36 Å². The number of benzene rings is 1. The molecule has 2 aromatic rings. The summed E-state index contributed by atoms with van der Waals surface area (Å²) in [6.45, 7) is 0. The third-order valence-electron chi connectivity index (χ3n) is 3.52. The molecular weight excluding hydrogens is 336 g/mol. The lowest BCUT2D eigenvalue weighted by Crippen LogP contribution is -2.22. The number of ether oxygens (including phenoxy) is 1. The molecule has 0 saturated carbocycles. The first-order valence-corrected chi connectivity index (χ1v) is 7.58. The molecular formula is C15H13ClN4O4. The third-order valence-corrected chi connectivity index (χ3v) is 3.84. The highest BCUT2D eigenvalue weighted by molar-refractivity contribution is 6.32. The Hall–Kier alpha value is -2.74. The predicted molar refractivity (Wildman–Crippen MR) is 84.0 cm³/mol. The van der Waals surface area contributed by atoms with Crippen LogP contribution in [0.3, 0.4) is 0 Å². The standard InChI is InChI=1S/C15H13ClN4O4/c1-19-15(23)20(18-17-19)13-7-9(5-6-12(13)16)14(22)24-11-4-2-3-10(21)8-11/h5-8H,2-4H2,1H3. The summed E-state index contributed by atoms with van der Waals surface area (Å²) in [6.07, 6.45) is 2.98. The molecule has 124 valence electrons. The maximum atomic E-state index is 12.3. The fourth-order valence-electron chi connectivity index (χ4n) is 2.29. The summed E-state index contributed by atoms with van der Waals surface area (Å²) in [4.78, 5) is 35.6. The number of tetrazole rings is 1. The topological polar surface area (TPSA) is 96.1 Å². The smallest absolute Gasteiger partial charge is 0.368 e. The van der Waals surface area contributed by atoms with E-state index in [4.69, 9.17) is 16.3 Å². The molecule has 0 aliphatic heterocycles. The Morgan fingerprint density at radius 1 is 1.25 bits per heavy atom. The summed E-state index contributed by atoms with van der Waals surface area (Å²) in [5.74, 6) is -0.359. The Kier molecular flexibility index (Phi) is 4.30. The minimum Gasteiger partial charge on any atom is -0.427 e. The van der Waals surface area contributed by atoms with Crippen molar-refractivity contribution in [2.45, 2.75) is 19.3 Å². The molecule has 8 nitrogen and oxygen atoms in total. The molecule has 1 aliphatic rings. The SMILES string of the molecule is Cn1nnn(-c2cc(C(=O)OC3=CC(=O)CCC3)ccc2Cl)c1=O. The van der Waals surface area contributed by atoms with Gasteiger partial charge in [0.25, 0.3) is 0 Å². The fourth-order valence-corrected chi connectivity index (χ4v) is 2.48. The van der Waals surface area contributed by atoms with Crippen molar-refractivity contribution in [3.63, 3.8) is 0 Å². The van der Waals surface area contributed by atoms with Gasteiger partial charge in [0, 0.05) is 26.0 Å². The second kappa shape index (κ2) is 6.40. The molecule has 0 unspecified atom stereocenters. The molecule has 3 rings (SSSR count). The zero-order valence-electron chi connectivity index (χ0n) is 12.7. The summed E-state index contributed by atoms with van der Waals surface area (Å²) in [7, 11) is 1.45. The number of aromatic nitrogens is 4. The molecule has 1 heterocycles. The van der Waals surface area contributed by atoms with Crippen molar-refractivity contribution >= 4 is 23.4 Å². The molecule has 1 aromatic heterocycles. The molecule has 0 fully saturated rings. The Morgan fingerprint density at radius 2 is 2.04 bits per heavy atom. The van der Waals surface area contributed by atoms with E-state index in [9.17, 15) is 14.4 Å². The lowest BCUT2D eigenvalue weighted by molar-refractivity contribution is -0.115. The van der Waals surface area contributed by atoms with Crippen LogP contribution in [-0.4, -0.2) is 31.5 Å². The van der Waals surface area contributed by atoms with Crippen molar-refractivity contribution in [2.24, 2.45) is 7.05 Å². The Balaban J connectivity index is 1.91. The predicted octanol–water partition coefficient (Wildman–Crippen LogP) is 1.41. The van der Waals surface area contributed by atoms with E-state index in [0.29, 0.717) is 25.0 Å². The average molecular weight is 349 g/mol. The maximum Gasteiger partial charge on any atom is 0.368 e. The first-order chi connectivity index (χ1) is 11.5. The summed E-state index contributed by atoms with van der Waals surface area (Å²) >= 11 is 6.08. The van der Waals surface area contributed by atoms with E-state index < -0.39 is 11.7 Å². The number of carbonyl (C=O) groups is 2. The first kappa shape index (κ1) is 16.1. The molecule has 24 heavy (non-hydrogen) atoms. The zero-order valence-corrected chi connectivity index (χ0v) is 13.5. The molecule has 0 atom stereocenters. The molecule has 0 amide bonds. The lowest BCUT2D eigenvalue weighted by Gasteiger charge is -2.12. The van der Waals surface area contributed by atoms with Crippen molar-refractivity contribution in [3.05, 3.63) is 51.1 Å². The second-order valence-corrected chi connectivity index (χ2v) is 5.69. The van der Waals surface area contributed by atoms with Gasteiger partial charge in [-0.1, -0.05) is 11.6 Å². The molecule has 1 aliphatic carbocycles. The van der Waals surface area contributed by atoms with Gasteiger partial charge in [-0.05, 0) is 35.0 Å². The highest BCUT2D eigenvalue weighted by atomic mass is 35.5. The average Bonchev–Trinajstić information content (AvgIpc) is 2.87. The molecule has 0 saturated heterocycles. The minimum absolute atomic E-state index is 0.0630. The molecule has 9 heteroatoms. The number of ketones is 1. The summed E-state index contributed by atoms with van der Waals surface area (Å²) in [5, 5.41) is 7.54. The number of rotatable bonds is 3. The Bertz CT molecular complexity index is 912. The van der Waals surface area contributed by atoms with E-state index in [1.54, 1.807) is 0 Å². The van der Waals surface area contributed by atoms with Gasteiger partial charge < -0.3 is 4.74 Å². The number of hydrogen-bond acceptors (Lipinski definition) is 6. The number of aryl methyl sites for hydroxylation is 1. The summed E-state index contributed by atoms with van der Waals surface area (Å²) < 4.78 is 7.27. The van der Waals surface area contributed by atoms with Gasteiger partial charge in [0.05, 0.1) is 16.3 Å². The highest BCUT2D eigenvalue weighted by Crippen LogP contribution is 2.22. The van der Waals surface area contributed by atoms with Crippen LogP contribution < -0.4 is 5.69 Å². The van der Waals surface area contributed by atoms with Gasteiger partial charge in [-0.25, -0.2) is 9.59 Å². The summed E-state index contributed by atoms with van der Waals surface area (Å²) in [5.41, 5.74) is -0.0909. The van der Waals surface area contributed by atoms with Crippen molar-refractivity contribution in [2.75, 3.05) is 0 Å². The highest BCUT2D eigenvalue weighted by Gasteiger charge is 2.18. The molecule has 0 bridgehead atoms. The number of allylic oxidation sites excluding steroid dienone is 2. The van der Waals surface area contributed by atoms with E-state index in [-0.39, 0.29) is 22.1 Å². The van der Waals surface area contributed by atoms with Crippen molar-refractivity contribution in [1.29, 1.82) is 0 Å². The van der Waals surface area contributed by atoms with Crippen molar-refractivity contribution in [1.82, 2.24) is 19.8 Å². The molecule has 1 aromatic carbocycles. The van der Waals surface area contributed by atoms with Crippen LogP contribution in [0, 0.1) is 0 Å². The van der Waals surface area contributed by atoms with Gasteiger partial charge in [0.2, 0.25) is 0 Å². The van der Waals surface area contributed by atoms with Crippen LogP contribution in [0.4, 0.5) is 0 Å². The van der Waals surface area contributed by atoms with E-state index in [0.717, 1.165) is 9.36 Å². The Labute approximate surface area is 141 Å². The van der Waals surface area contributed by atoms with E-state index in [2.05, 4.69) is 10.4 Å². The Morgan fingerprint density at radius 3 is 2.71 bits per heavy atom. The van der Waals surface area contributed by atoms with Gasteiger partial charge in [-0.15, -0.1) is 0 Å². The fraction of sp³-hybridized carbons (Fsp3) is 0.267. The normalized spacial score (nSPS) is 14.4. The van der Waals surface area contributed by atoms with Crippen LogP contribution in [0.1, 0.15) is 29.6 Å². The third kappa shape index (κ3) is 3.13. The zero-order chi connectivity index (χ0) is 17.3. The number of esters is 1. The second-order valence-electron chi connectivity index (χ2n) is 5.28. The van der Waals surface area contributed by atoms with Crippen molar-refractivity contribution < 1.29 is 14.3 Å². The molecule has 0 N–H and O–H groups in total. The molecule has 0 spiro atoms. The van der Waals surface area contributed by atoms with Gasteiger partial charge >= 0.3 is 11.7 Å².